The van der Waals surface area contributed by atoms with Crippen molar-refractivity contribution in [1.82, 2.24) is 16.1 Å². The molecule has 49 heavy (non-hydrogen) atoms. The number of carbonyl (C=O) groups is 2. The number of methoxy groups -OCH3 is 1. The minimum absolute atomic E-state index is 0.0234. The summed E-state index contributed by atoms with van der Waals surface area (Å²) in [7, 11) is 1.26. The molecule has 3 aromatic rings. The van der Waals surface area contributed by atoms with Crippen LogP contribution in [-0.4, -0.2) is 61.4 Å². The van der Waals surface area contributed by atoms with Crippen LogP contribution >= 0.6 is 11.6 Å². The molecule has 1 aliphatic heterocycles. The van der Waals surface area contributed by atoms with Crippen LogP contribution < -0.4 is 35.0 Å². The number of hydrazone groups is 1. The van der Waals surface area contributed by atoms with E-state index in [9.17, 15) is 24.8 Å². The summed E-state index contributed by atoms with van der Waals surface area (Å²) >= 11 is 6.50. The van der Waals surface area contributed by atoms with E-state index in [1.165, 1.54) is 25.5 Å². The number of nitro benzene ring substituents is 1. The van der Waals surface area contributed by atoms with Gasteiger partial charge in [-0.05, 0) is 73.9 Å². The largest absolute Gasteiger partial charge is 0.490 e. The molecule has 2 atom stereocenters. The van der Waals surface area contributed by atoms with Crippen molar-refractivity contribution in [2.75, 3.05) is 26.9 Å². The number of ether oxygens (including phenoxy) is 5. The first-order valence-electron chi connectivity index (χ1n) is 15.1. The molecule has 0 unspecified atom stereocenters. The number of carbonyl (C=O) groups excluding carboxylic acids is 2. The number of hydrogen-bond acceptors (Lipinski definition) is 12. The fourth-order valence-electron chi connectivity index (χ4n) is 4.75. The molecule has 16 heteroatoms. The highest BCUT2D eigenvalue weighted by molar-refractivity contribution is 6.32. The SMILES string of the molecule is CCOc1cc([C@@H]2NC(=O)NC(C)=C2C(=O)OC)ccc1OC[C@H](O)N/N=C\c1cc(Cl)c(OCc2ccc([N+](=O)[O-])cc2)c(OCC)c1. The van der Waals surface area contributed by atoms with Gasteiger partial charge in [0.2, 0.25) is 0 Å². The second-order valence-corrected chi connectivity index (χ2v) is 10.8. The summed E-state index contributed by atoms with van der Waals surface area (Å²) in [5.74, 6) is 0.713. The number of aliphatic hydroxyl groups excluding tert-OH is 1. The number of nitro groups is 1. The van der Waals surface area contributed by atoms with Gasteiger partial charge in [-0.15, -0.1) is 0 Å². The molecule has 260 valence electrons. The van der Waals surface area contributed by atoms with Gasteiger partial charge < -0.3 is 39.4 Å². The highest BCUT2D eigenvalue weighted by Gasteiger charge is 2.32. The predicted octanol–water partition coefficient (Wildman–Crippen LogP) is 4.75. The molecule has 3 aromatic carbocycles. The molecule has 2 amide bonds. The van der Waals surface area contributed by atoms with Gasteiger partial charge >= 0.3 is 12.0 Å². The van der Waals surface area contributed by atoms with Crippen LogP contribution in [0.5, 0.6) is 23.0 Å². The smallest absolute Gasteiger partial charge is 0.337 e. The molecule has 15 nitrogen and oxygen atoms in total. The molecule has 0 fully saturated rings. The number of urea groups is 1. The van der Waals surface area contributed by atoms with Gasteiger partial charge in [0.1, 0.15) is 13.2 Å². The van der Waals surface area contributed by atoms with Gasteiger partial charge in [-0.1, -0.05) is 17.7 Å². The maximum atomic E-state index is 12.5. The maximum Gasteiger partial charge on any atom is 0.337 e. The normalized spacial score (nSPS) is 14.8. The Bertz CT molecular complexity index is 1730. The summed E-state index contributed by atoms with van der Waals surface area (Å²) in [6, 6.07) is 12.9. The van der Waals surface area contributed by atoms with Gasteiger partial charge in [0.05, 0.1) is 48.1 Å². The number of esters is 1. The maximum absolute atomic E-state index is 12.5. The number of non-ortho nitro benzene ring substituents is 1. The van der Waals surface area contributed by atoms with Gasteiger partial charge in [-0.3, -0.25) is 15.5 Å². The van der Waals surface area contributed by atoms with Crippen LogP contribution in [0.3, 0.4) is 0 Å². The van der Waals surface area contributed by atoms with Crippen molar-refractivity contribution in [3.8, 4) is 23.0 Å². The summed E-state index contributed by atoms with van der Waals surface area (Å²) in [5.41, 5.74) is 4.98. The Labute approximate surface area is 286 Å². The van der Waals surface area contributed by atoms with Gasteiger partial charge in [0.25, 0.3) is 5.69 Å². The molecule has 4 N–H and O–H groups in total. The van der Waals surface area contributed by atoms with E-state index in [0.29, 0.717) is 58.6 Å². The molecule has 0 aromatic heterocycles. The second kappa shape index (κ2) is 17.0. The molecule has 0 aliphatic carbocycles. The van der Waals surface area contributed by atoms with Crippen molar-refractivity contribution in [1.29, 1.82) is 0 Å². The van der Waals surface area contributed by atoms with E-state index >= 15 is 0 Å². The van der Waals surface area contributed by atoms with E-state index in [2.05, 4.69) is 21.2 Å². The predicted molar refractivity (Wildman–Crippen MR) is 179 cm³/mol. The van der Waals surface area contributed by atoms with E-state index in [0.717, 1.165) is 0 Å². The van der Waals surface area contributed by atoms with Crippen molar-refractivity contribution in [3.05, 3.63) is 97.7 Å². The third kappa shape index (κ3) is 9.52. The van der Waals surface area contributed by atoms with Crippen LogP contribution in [0.4, 0.5) is 10.5 Å². The number of aliphatic hydroxyl groups is 1. The van der Waals surface area contributed by atoms with Crippen molar-refractivity contribution in [2.45, 2.75) is 39.6 Å². The first-order chi connectivity index (χ1) is 23.5. The van der Waals surface area contributed by atoms with Crippen LogP contribution in [-0.2, 0) is 16.1 Å². The van der Waals surface area contributed by atoms with Crippen LogP contribution in [0.1, 0.15) is 43.5 Å². The number of amides is 2. The van der Waals surface area contributed by atoms with Gasteiger partial charge in [0.15, 0.2) is 29.2 Å². The average molecular weight is 698 g/mol. The average Bonchev–Trinajstić information content (AvgIpc) is 3.07. The first kappa shape index (κ1) is 36.3. The lowest BCUT2D eigenvalue weighted by Crippen LogP contribution is -2.45. The van der Waals surface area contributed by atoms with Crippen LogP contribution in [0, 0.1) is 10.1 Å². The monoisotopic (exact) mass is 697 g/mol. The lowest BCUT2D eigenvalue weighted by molar-refractivity contribution is -0.384. The zero-order chi connectivity index (χ0) is 35.5. The van der Waals surface area contributed by atoms with E-state index in [-0.39, 0.29) is 29.5 Å². The van der Waals surface area contributed by atoms with Gasteiger partial charge in [0, 0.05) is 17.8 Å². The standard InChI is InChI=1S/C33H36ClN5O10/c1-5-46-26-15-22(30-29(32(41)45-4)19(3)36-33(42)37-30)9-12-25(26)48-18-28(40)38-35-16-21-13-24(34)31(27(14-21)47-6-2)49-17-20-7-10-23(11-8-20)39(43)44/h7-16,28,30,38,40H,5-6,17-18H2,1-4H3,(H2,36,37,42)/b35-16-/t28-,30-/m0/s1. The third-order valence-electron chi connectivity index (χ3n) is 6.97. The summed E-state index contributed by atoms with van der Waals surface area (Å²) in [5, 5.41) is 31.0. The lowest BCUT2D eigenvalue weighted by atomic mass is 9.95. The van der Waals surface area contributed by atoms with E-state index in [1.54, 1.807) is 63.2 Å². The molecule has 0 radical (unpaired) electrons. The van der Waals surface area contributed by atoms with E-state index in [4.69, 9.17) is 35.3 Å². The minimum Gasteiger partial charge on any atom is -0.490 e. The number of allylic oxidation sites excluding steroid dienone is 1. The number of rotatable bonds is 16. The van der Waals surface area contributed by atoms with Crippen molar-refractivity contribution < 1.29 is 43.3 Å². The van der Waals surface area contributed by atoms with Crippen molar-refractivity contribution in [2.24, 2.45) is 5.10 Å². The molecule has 1 heterocycles. The topological polar surface area (TPSA) is 192 Å². The van der Waals surface area contributed by atoms with Gasteiger partial charge in [-0.2, -0.15) is 5.10 Å². The Kier molecular flexibility index (Phi) is 12.6. The number of halogens is 1. The summed E-state index contributed by atoms with van der Waals surface area (Å²) in [4.78, 5) is 35.1. The number of hydrogen-bond donors (Lipinski definition) is 4. The molecular weight excluding hydrogens is 662 g/mol. The Morgan fingerprint density at radius 3 is 2.45 bits per heavy atom. The zero-order valence-corrected chi connectivity index (χ0v) is 27.9. The zero-order valence-electron chi connectivity index (χ0n) is 27.2. The molecular formula is C33H36ClN5O10. The third-order valence-corrected chi connectivity index (χ3v) is 7.25. The summed E-state index contributed by atoms with van der Waals surface area (Å²) in [6.07, 6.45) is 0.205. The Balaban J connectivity index is 1.39. The number of nitrogens with zero attached hydrogens (tertiary/aromatic N) is 2. The highest BCUT2D eigenvalue weighted by Crippen LogP contribution is 2.37. The first-order valence-corrected chi connectivity index (χ1v) is 15.5. The number of benzene rings is 3. The minimum atomic E-state index is -1.23. The highest BCUT2D eigenvalue weighted by atomic mass is 35.5. The van der Waals surface area contributed by atoms with Gasteiger partial charge in [-0.25, -0.2) is 9.59 Å². The van der Waals surface area contributed by atoms with Crippen LogP contribution in [0.25, 0.3) is 0 Å². The molecule has 0 spiro atoms. The Morgan fingerprint density at radius 1 is 1.06 bits per heavy atom. The van der Waals surface area contributed by atoms with Crippen molar-refractivity contribution >= 4 is 35.5 Å². The molecule has 0 saturated heterocycles. The Morgan fingerprint density at radius 2 is 1.78 bits per heavy atom. The lowest BCUT2D eigenvalue weighted by Gasteiger charge is -2.28. The van der Waals surface area contributed by atoms with Crippen LogP contribution in [0.15, 0.2) is 71.0 Å². The fourth-order valence-corrected chi connectivity index (χ4v) is 5.03. The van der Waals surface area contributed by atoms with E-state index < -0.39 is 29.2 Å². The molecule has 4 rings (SSSR count). The summed E-state index contributed by atoms with van der Waals surface area (Å²) < 4.78 is 28.0. The fraction of sp³-hybridized carbons (Fsp3) is 0.303. The second-order valence-electron chi connectivity index (χ2n) is 10.4. The van der Waals surface area contributed by atoms with E-state index in [1.807, 2.05) is 0 Å². The van der Waals surface area contributed by atoms with Crippen molar-refractivity contribution in [3.63, 3.8) is 0 Å². The number of nitrogens with one attached hydrogen (secondary N) is 3. The quantitative estimate of drug-likeness (QED) is 0.0531. The summed E-state index contributed by atoms with van der Waals surface area (Å²) in [6.45, 7) is 5.73. The molecule has 0 saturated carbocycles. The van der Waals surface area contributed by atoms with Crippen LogP contribution in [0.2, 0.25) is 5.02 Å². The Hall–Kier alpha value is -5.54. The molecule has 0 bridgehead atoms. The molecule has 1 aliphatic rings.